The van der Waals surface area contributed by atoms with Crippen molar-refractivity contribution in [1.82, 2.24) is 15.2 Å². The van der Waals surface area contributed by atoms with Gasteiger partial charge < -0.3 is 15.3 Å². The Hall–Kier alpha value is -1.86. The van der Waals surface area contributed by atoms with Crippen molar-refractivity contribution in [2.45, 2.75) is 31.5 Å². The number of aromatic nitrogens is 1. The number of hydrogen-bond donors (Lipinski definition) is 2. The summed E-state index contributed by atoms with van der Waals surface area (Å²) in [6.45, 7) is 3.31. The molecule has 1 aliphatic rings. The molecule has 0 spiro atoms. The van der Waals surface area contributed by atoms with Crippen LogP contribution in [-0.2, 0) is 6.54 Å². The number of rotatable bonds is 6. The van der Waals surface area contributed by atoms with Crippen molar-refractivity contribution in [2.24, 2.45) is 0 Å². The van der Waals surface area contributed by atoms with Crippen LogP contribution in [0.1, 0.15) is 29.5 Å². The Kier molecular flexibility index (Phi) is 5.78. The van der Waals surface area contributed by atoms with Gasteiger partial charge >= 0.3 is 0 Å². The Bertz CT molecular complexity index is 842. The predicted octanol–water partition coefficient (Wildman–Crippen LogP) is 3.72. The monoisotopic (exact) mass is 385 g/mol. The van der Waals surface area contributed by atoms with E-state index in [0.29, 0.717) is 12.6 Å². The van der Waals surface area contributed by atoms with Crippen molar-refractivity contribution in [3.05, 3.63) is 64.9 Å². The van der Waals surface area contributed by atoms with Gasteiger partial charge in [0.25, 0.3) is 0 Å². The fraction of sp³-hybridized carbons (Fsp3) is 0.381. The van der Waals surface area contributed by atoms with Crippen molar-refractivity contribution < 1.29 is 9.50 Å². The number of benzene rings is 2. The second-order valence-electron chi connectivity index (χ2n) is 7.10. The van der Waals surface area contributed by atoms with Crippen molar-refractivity contribution in [3.63, 3.8) is 0 Å². The lowest BCUT2D eigenvalue weighted by Gasteiger charge is -2.33. The number of nitrogens with one attached hydrogen (secondary N) is 1. The molecule has 2 aromatic carbocycles. The van der Waals surface area contributed by atoms with E-state index in [9.17, 15) is 9.50 Å². The van der Waals surface area contributed by atoms with E-state index in [2.05, 4.69) is 27.3 Å². The van der Waals surface area contributed by atoms with Crippen LogP contribution in [0.5, 0.6) is 0 Å². The standard InChI is InChI=1S/C21H24FN3OS/c22-16-7-5-15(6-8-16)19(26)14-25-11-9-17(10-12-25)23-13-21-24-18-3-1-2-4-20(18)27-21/h1-8,17,19,23,26H,9-14H2. The summed E-state index contributed by atoms with van der Waals surface area (Å²) in [6.07, 6.45) is 1.54. The van der Waals surface area contributed by atoms with E-state index in [1.165, 1.54) is 16.8 Å². The zero-order valence-electron chi connectivity index (χ0n) is 15.1. The fourth-order valence-electron chi connectivity index (χ4n) is 3.58. The first-order valence-corrected chi connectivity index (χ1v) is 10.2. The molecular weight excluding hydrogens is 361 g/mol. The van der Waals surface area contributed by atoms with Crippen LogP contribution in [0.25, 0.3) is 10.2 Å². The summed E-state index contributed by atoms with van der Waals surface area (Å²) >= 11 is 1.75. The van der Waals surface area contributed by atoms with E-state index in [1.807, 2.05) is 12.1 Å². The van der Waals surface area contributed by atoms with E-state index < -0.39 is 6.10 Å². The SMILES string of the molecule is OC(CN1CCC(NCc2nc3ccccc3s2)CC1)c1ccc(F)cc1. The first-order chi connectivity index (χ1) is 13.2. The number of hydrogen-bond acceptors (Lipinski definition) is 5. The highest BCUT2D eigenvalue weighted by molar-refractivity contribution is 7.18. The largest absolute Gasteiger partial charge is 0.387 e. The average Bonchev–Trinajstić information content (AvgIpc) is 3.11. The topological polar surface area (TPSA) is 48.4 Å². The minimum atomic E-state index is -0.571. The summed E-state index contributed by atoms with van der Waals surface area (Å²) in [4.78, 5) is 6.96. The summed E-state index contributed by atoms with van der Waals surface area (Å²) in [7, 11) is 0. The zero-order chi connectivity index (χ0) is 18.6. The van der Waals surface area contributed by atoms with Crippen molar-refractivity contribution in [3.8, 4) is 0 Å². The number of thiazole rings is 1. The van der Waals surface area contributed by atoms with Crippen LogP contribution in [0.15, 0.2) is 48.5 Å². The lowest BCUT2D eigenvalue weighted by molar-refractivity contribution is 0.0940. The number of fused-ring (bicyclic) bond motifs is 1. The van der Waals surface area contributed by atoms with Gasteiger partial charge in [0, 0.05) is 19.1 Å². The molecule has 4 rings (SSSR count). The highest BCUT2D eigenvalue weighted by Crippen LogP contribution is 2.22. The van der Waals surface area contributed by atoms with Gasteiger partial charge in [-0.15, -0.1) is 11.3 Å². The quantitative estimate of drug-likeness (QED) is 0.679. The predicted molar refractivity (Wildman–Crippen MR) is 107 cm³/mol. The summed E-state index contributed by atoms with van der Waals surface area (Å²) in [5.41, 5.74) is 1.84. The summed E-state index contributed by atoms with van der Waals surface area (Å²) < 4.78 is 14.2. The third-order valence-corrected chi connectivity index (χ3v) is 6.19. The second kappa shape index (κ2) is 8.44. The lowest BCUT2D eigenvalue weighted by atomic mass is 10.0. The van der Waals surface area contributed by atoms with Crippen molar-refractivity contribution in [1.29, 1.82) is 0 Å². The molecule has 1 fully saturated rings. The van der Waals surface area contributed by atoms with Gasteiger partial charge in [0.1, 0.15) is 10.8 Å². The van der Waals surface area contributed by atoms with Crippen LogP contribution in [0.2, 0.25) is 0 Å². The van der Waals surface area contributed by atoms with E-state index in [-0.39, 0.29) is 5.82 Å². The molecule has 6 heteroatoms. The number of halogens is 1. The molecule has 1 aromatic heterocycles. The molecular formula is C21H24FN3OS. The maximum Gasteiger partial charge on any atom is 0.123 e. The highest BCUT2D eigenvalue weighted by Gasteiger charge is 2.21. The van der Waals surface area contributed by atoms with Crippen LogP contribution in [-0.4, -0.2) is 40.7 Å². The zero-order valence-corrected chi connectivity index (χ0v) is 16.0. The smallest absolute Gasteiger partial charge is 0.123 e. The molecule has 2 heterocycles. The first-order valence-electron chi connectivity index (χ1n) is 9.41. The number of aliphatic hydroxyl groups is 1. The van der Waals surface area contributed by atoms with Crippen LogP contribution in [0.4, 0.5) is 4.39 Å². The minimum Gasteiger partial charge on any atom is -0.387 e. The van der Waals surface area contributed by atoms with E-state index in [1.54, 1.807) is 23.5 Å². The molecule has 1 atom stereocenters. The summed E-state index contributed by atoms with van der Waals surface area (Å²) in [5, 5.41) is 15.1. The van der Waals surface area contributed by atoms with Gasteiger partial charge in [-0.25, -0.2) is 9.37 Å². The van der Waals surface area contributed by atoms with Gasteiger partial charge in [-0.2, -0.15) is 0 Å². The van der Waals surface area contributed by atoms with Crippen molar-refractivity contribution >= 4 is 21.6 Å². The number of likely N-dealkylation sites (tertiary alicyclic amines) is 1. The van der Waals surface area contributed by atoms with Gasteiger partial charge in [-0.3, -0.25) is 0 Å². The molecule has 2 N–H and O–H groups in total. The summed E-state index contributed by atoms with van der Waals surface area (Å²) in [6, 6.07) is 14.8. The molecule has 0 amide bonds. The molecule has 0 radical (unpaired) electrons. The number of nitrogens with zero attached hydrogens (tertiary/aromatic N) is 2. The number of piperidine rings is 1. The third-order valence-electron chi connectivity index (χ3n) is 5.15. The van der Waals surface area contributed by atoms with Crippen molar-refractivity contribution in [2.75, 3.05) is 19.6 Å². The molecule has 1 saturated heterocycles. The van der Waals surface area contributed by atoms with E-state index >= 15 is 0 Å². The Labute approximate surface area is 162 Å². The maximum absolute atomic E-state index is 13.0. The lowest BCUT2D eigenvalue weighted by Crippen LogP contribution is -2.43. The molecule has 1 aliphatic heterocycles. The molecule has 1 unspecified atom stereocenters. The molecule has 142 valence electrons. The number of aliphatic hydroxyl groups excluding tert-OH is 1. The van der Waals surface area contributed by atoms with Gasteiger partial charge in [0.05, 0.1) is 16.3 Å². The van der Waals surface area contributed by atoms with Gasteiger partial charge in [-0.05, 0) is 55.8 Å². The normalized spacial score (nSPS) is 17.4. The molecule has 0 aliphatic carbocycles. The van der Waals surface area contributed by atoms with Gasteiger partial charge in [0.2, 0.25) is 0 Å². The average molecular weight is 386 g/mol. The molecule has 4 nitrogen and oxygen atoms in total. The van der Waals surface area contributed by atoms with E-state index in [0.717, 1.165) is 48.6 Å². The Balaban J connectivity index is 1.23. The fourth-order valence-corrected chi connectivity index (χ4v) is 4.50. The van der Waals surface area contributed by atoms with Gasteiger partial charge in [-0.1, -0.05) is 24.3 Å². The highest BCUT2D eigenvalue weighted by atomic mass is 32.1. The second-order valence-corrected chi connectivity index (χ2v) is 8.21. The molecule has 0 bridgehead atoms. The minimum absolute atomic E-state index is 0.272. The van der Waals surface area contributed by atoms with Crippen LogP contribution < -0.4 is 5.32 Å². The molecule has 3 aromatic rings. The summed E-state index contributed by atoms with van der Waals surface area (Å²) in [5.74, 6) is -0.272. The molecule has 27 heavy (non-hydrogen) atoms. The Morgan fingerprint density at radius 1 is 1.15 bits per heavy atom. The first kappa shape index (κ1) is 18.5. The Morgan fingerprint density at radius 2 is 1.89 bits per heavy atom. The Morgan fingerprint density at radius 3 is 2.63 bits per heavy atom. The van der Waals surface area contributed by atoms with Gasteiger partial charge in [0.15, 0.2) is 0 Å². The number of para-hydroxylation sites is 1. The van der Waals surface area contributed by atoms with Crippen LogP contribution in [0, 0.1) is 5.82 Å². The van der Waals surface area contributed by atoms with E-state index in [4.69, 9.17) is 0 Å². The number of β-amino-alcohol motifs (C(OH)–C–C–N with tert-alkyl or cyclic N) is 1. The van der Waals surface area contributed by atoms with Crippen LogP contribution >= 0.6 is 11.3 Å². The molecule has 0 saturated carbocycles. The third kappa shape index (κ3) is 4.71. The van der Waals surface area contributed by atoms with Crippen LogP contribution in [0.3, 0.4) is 0 Å². The maximum atomic E-state index is 13.0.